The van der Waals surface area contributed by atoms with Gasteiger partial charge in [0.25, 0.3) is 0 Å². The fraction of sp³-hybridized carbons (Fsp3) is 0.333. The second-order valence-electron chi connectivity index (χ2n) is 8.12. The number of sulfonamides is 1. The molecule has 0 radical (unpaired) electrons. The van der Waals surface area contributed by atoms with Crippen LogP contribution in [0.2, 0.25) is 0 Å². The maximum Gasteiger partial charge on any atom is 0.245 e. The van der Waals surface area contributed by atoms with Gasteiger partial charge in [0.05, 0.1) is 35.3 Å². The van der Waals surface area contributed by atoms with Crippen LogP contribution < -0.4 is 4.90 Å². The molecule has 35 heavy (non-hydrogen) atoms. The van der Waals surface area contributed by atoms with Crippen molar-refractivity contribution in [3.05, 3.63) is 59.5 Å². The molecule has 7 nitrogen and oxygen atoms in total. The summed E-state index contributed by atoms with van der Waals surface area (Å²) >= 11 is 0. The summed E-state index contributed by atoms with van der Waals surface area (Å²) in [6.07, 6.45) is -0.888. The van der Waals surface area contributed by atoms with E-state index in [1.54, 1.807) is 0 Å². The standard InChI is InChI=1S/C21H16F6N4O3S/c22-12-7-16-17(8-13(12)23)29-19(9-28-16)30-2-1-21(18(26)10-30)31(3-4-34-21)35(32,33)11-5-14(24)20(27)15(25)6-11/h5-9,18H,1-4,10H2/t18-,21+/m1/s1. The number of piperidine rings is 1. The van der Waals surface area contributed by atoms with Crippen molar-refractivity contribution in [2.75, 3.05) is 31.1 Å². The maximum atomic E-state index is 15.6. The number of ether oxygens (including phenoxy) is 1. The molecule has 3 heterocycles. The first-order valence-electron chi connectivity index (χ1n) is 10.3. The molecule has 186 valence electrons. The molecule has 0 bridgehead atoms. The van der Waals surface area contributed by atoms with E-state index in [0.29, 0.717) is 16.4 Å². The quantitative estimate of drug-likeness (QED) is 0.392. The summed E-state index contributed by atoms with van der Waals surface area (Å²) in [6, 6.07) is 2.39. The highest BCUT2D eigenvalue weighted by atomic mass is 32.2. The summed E-state index contributed by atoms with van der Waals surface area (Å²) in [5.74, 6) is -7.29. The molecule has 2 aliphatic heterocycles. The van der Waals surface area contributed by atoms with Crippen molar-refractivity contribution in [3.63, 3.8) is 0 Å². The minimum atomic E-state index is -4.66. The summed E-state index contributed by atoms with van der Waals surface area (Å²) < 4.78 is 116. The fourth-order valence-corrected chi connectivity index (χ4v) is 6.12. The average Bonchev–Trinajstić information content (AvgIpc) is 3.25. The van der Waals surface area contributed by atoms with Crippen molar-refractivity contribution in [1.82, 2.24) is 14.3 Å². The summed E-state index contributed by atoms with van der Waals surface area (Å²) in [7, 11) is -4.66. The molecule has 3 aromatic rings. The molecule has 0 aliphatic carbocycles. The van der Waals surface area contributed by atoms with E-state index in [0.717, 1.165) is 12.1 Å². The predicted molar refractivity (Wildman–Crippen MR) is 110 cm³/mol. The van der Waals surface area contributed by atoms with Crippen LogP contribution in [0.5, 0.6) is 0 Å². The van der Waals surface area contributed by atoms with Crippen molar-refractivity contribution in [1.29, 1.82) is 0 Å². The molecule has 1 aromatic heterocycles. The Kier molecular flexibility index (Phi) is 5.64. The van der Waals surface area contributed by atoms with E-state index in [1.165, 1.54) is 11.1 Å². The van der Waals surface area contributed by atoms with Gasteiger partial charge >= 0.3 is 0 Å². The first kappa shape index (κ1) is 23.8. The van der Waals surface area contributed by atoms with E-state index < -0.39 is 62.4 Å². The molecule has 5 rings (SSSR count). The number of hydrogen-bond acceptors (Lipinski definition) is 6. The molecule has 2 atom stereocenters. The van der Waals surface area contributed by atoms with Gasteiger partial charge in [-0.25, -0.2) is 39.7 Å². The second kappa shape index (κ2) is 8.31. The Morgan fingerprint density at radius 3 is 2.26 bits per heavy atom. The van der Waals surface area contributed by atoms with Crippen LogP contribution in [0.15, 0.2) is 35.4 Å². The molecule has 2 aliphatic rings. The lowest BCUT2D eigenvalue weighted by molar-refractivity contribution is -0.116. The number of nitrogens with zero attached hydrogens (tertiary/aromatic N) is 4. The van der Waals surface area contributed by atoms with Gasteiger partial charge in [-0.1, -0.05) is 0 Å². The summed E-state index contributed by atoms with van der Waals surface area (Å²) in [4.78, 5) is 8.77. The highest BCUT2D eigenvalue weighted by molar-refractivity contribution is 7.89. The van der Waals surface area contributed by atoms with E-state index in [9.17, 15) is 30.4 Å². The van der Waals surface area contributed by atoms with E-state index in [-0.39, 0.29) is 43.0 Å². The Morgan fingerprint density at radius 2 is 1.60 bits per heavy atom. The largest absolute Gasteiger partial charge is 0.355 e. The van der Waals surface area contributed by atoms with Crippen LogP contribution in [0.3, 0.4) is 0 Å². The zero-order chi connectivity index (χ0) is 25.1. The topological polar surface area (TPSA) is 75.6 Å². The molecular formula is C21H16F6N4O3S. The molecule has 1 spiro atoms. The Balaban J connectivity index is 1.43. The number of anilines is 1. The summed E-state index contributed by atoms with van der Waals surface area (Å²) in [5.41, 5.74) is -1.83. The lowest BCUT2D eigenvalue weighted by atomic mass is 9.98. The lowest BCUT2D eigenvalue weighted by Gasteiger charge is -2.45. The Morgan fingerprint density at radius 1 is 0.943 bits per heavy atom. The molecule has 14 heteroatoms. The number of alkyl halides is 1. The first-order chi connectivity index (χ1) is 16.5. The first-order valence-corrected chi connectivity index (χ1v) is 11.8. The van der Waals surface area contributed by atoms with Crippen molar-refractivity contribution < 1.29 is 39.5 Å². The lowest BCUT2D eigenvalue weighted by Crippen LogP contribution is -2.62. The van der Waals surface area contributed by atoms with Crippen LogP contribution in [-0.2, 0) is 14.8 Å². The average molecular weight is 518 g/mol. The molecule has 2 saturated heterocycles. The third-order valence-corrected chi connectivity index (χ3v) is 8.02. The van der Waals surface area contributed by atoms with E-state index in [2.05, 4.69) is 9.97 Å². The van der Waals surface area contributed by atoms with E-state index in [4.69, 9.17) is 4.74 Å². The van der Waals surface area contributed by atoms with Gasteiger partial charge in [-0.3, -0.25) is 4.98 Å². The summed E-state index contributed by atoms with van der Waals surface area (Å²) in [5, 5.41) is 0. The Hall–Kier alpha value is -2.97. The van der Waals surface area contributed by atoms with Gasteiger partial charge in [0.2, 0.25) is 10.0 Å². The van der Waals surface area contributed by atoms with Gasteiger partial charge in [0.15, 0.2) is 41.0 Å². The van der Waals surface area contributed by atoms with Gasteiger partial charge in [-0.2, -0.15) is 4.31 Å². The van der Waals surface area contributed by atoms with Crippen molar-refractivity contribution in [2.24, 2.45) is 0 Å². The molecule has 0 saturated carbocycles. The fourth-order valence-electron chi connectivity index (χ4n) is 4.38. The van der Waals surface area contributed by atoms with Crippen LogP contribution in [0.1, 0.15) is 6.42 Å². The van der Waals surface area contributed by atoms with Crippen LogP contribution in [0.4, 0.5) is 32.2 Å². The Bertz CT molecular complexity index is 1420. The Labute approximate surface area is 195 Å². The summed E-state index contributed by atoms with van der Waals surface area (Å²) in [6.45, 7) is -0.832. The molecule has 0 amide bonds. The SMILES string of the molecule is O=S(=O)(c1cc(F)c(F)c(F)c1)N1CCO[C@]12CCN(c1cnc3cc(F)c(F)cc3n1)C[C@H]2F. The third-order valence-electron chi connectivity index (χ3n) is 6.12. The van der Waals surface area contributed by atoms with Gasteiger partial charge in [-0.15, -0.1) is 0 Å². The highest BCUT2D eigenvalue weighted by Crippen LogP contribution is 2.41. The molecule has 2 fully saturated rings. The number of benzene rings is 2. The van der Waals surface area contributed by atoms with Crippen LogP contribution in [0.25, 0.3) is 11.0 Å². The monoisotopic (exact) mass is 518 g/mol. The van der Waals surface area contributed by atoms with Gasteiger partial charge in [0.1, 0.15) is 5.82 Å². The zero-order valence-corrected chi connectivity index (χ0v) is 18.5. The van der Waals surface area contributed by atoms with E-state index >= 15 is 4.39 Å². The third kappa shape index (κ3) is 3.79. The van der Waals surface area contributed by atoms with Crippen molar-refractivity contribution >= 4 is 26.9 Å². The van der Waals surface area contributed by atoms with Crippen molar-refractivity contribution in [3.8, 4) is 0 Å². The highest BCUT2D eigenvalue weighted by Gasteiger charge is 2.57. The minimum Gasteiger partial charge on any atom is -0.355 e. The molecule has 0 unspecified atom stereocenters. The molecule has 2 aromatic carbocycles. The predicted octanol–water partition coefficient (Wildman–Crippen LogP) is 3.29. The minimum absolute atomic E-state index is 0.0302. The van der Waals surface area contributed by atoms with E-state index in [1.807, 2.05) is 0 Å². The number of fused-ring (bicyclic) bond motifs is 1. The zero-order valence-electron chi connectivity index (χ0n) is 17.7. The van der Waals surface area contributed by atoms with Crippen molar-refractivity contribution in [2.45, 2.75) is 23.2 Å². The smallest absolute Gasteiger partial charge is 0.245 e. The van der Waals surface area contributed by atoms with Crippen LogP contribution in [0, 0.1) is 29.1 Å². The van der Waals surface area contributed by atoms with Gasteiger partial charge in [-0.05, 0) is 12.1 Å². The number of rotatable bonds is 3. The van der Waals surface area contributed by atoms with Crippen LogP contribution in [-0.4, -0.2) is 60.8 Å². The normalized spacial score (nSPS) is 23.5. The van der Waals surface area contributed by atoms with Crippen LogP contribution >= 0.6 is 0 Å². The number of hydrogen-bond donors (Lipinski definition) is 0. The molecular weight excluding hydrogens is 502 g/mol. The van der Waals surface area contributed by atoms with Gasteiger partial charge in [0, 0.05) is 31.6 Å². The number of aromatic nitrogens is 2. The maximum absolute atomic E-state index is 15.6. The number of halogens is 6. The molecule has 0 N–H and O–H groups in total. The second-order valence-corrected chi connectivity index (χ2v) is 9.98. The van der Waals surface area contributed by atoms with Gasteiger partial charge < -0.3 is 9.64 Å².